The van der Waals surface area contributed by atoms with Gasteiger partial charge in [-0.2, -0.15) is 4.37 Å². The van der Waals surface area contributed by atoms with Crippen LogP contribution in [0.15, 0.2) is 22.5 Å². The largest absolute Gasteiger partial charge is 0.208 e. The van der Waals surface area contributed by atoms with E-state index in [9.17, 15) is 8.78 Å². The van der Waals surface area contributed by atoms with Crippen molar-refractivity contribution in [2.45, 2.75) is 4.34 Å². The van der Waals surface area contributed by atoms with Crippen molar-refractivity contribution in [3.05, 3.63) is 29.8 Å². The zero-order valence-electron chi connectivity index (χ0n) is 6.74. The third kappa shape index (κ3) is 1.91. The summed E-state index contributed by atoms with van der Waals surface area (Å²) in [7, 11) is 0. The van der Waals surface area contributed by atoms with Crippen LogP contribution in [0.25, 0.3) is 11.4 Å². The minimum atomic E-state index is -0.643. The van der Waals surface area contributed by atoms with Crippen LogP contribution in [0, 0.1) is 11.6 Å². The normalized spacial score (nSPS) is 10.5. The molecular formula is C8H4F2N2S2. The molecule has 1 heterocycles. The quantitative estimate of drug-likeness (QED) is 0.762. The first-order valence-corrected chi connectivity index (χ1v) is 4.86. The first kappa shape index (κ1) is 9.54. The van der Waals surface area contributed by atoms with Crippen LogP contribution in [0.3, 0.4) is 0 Å². The van der Waals surface area contributed by atoms with E-state index in [-0.39, 0.29) is 0 Å². The fraction of sp³-hybridized carbons (Fsp3) is 0. The number of halogens is 2. The van der Waals surface area contributed by atoms with Crippen molar-refractivity contribution in [3.63, 3.8) is 0 Å². The van der Waals surface area contributed by atoms with Gasteiger partial charge in [0.25, 0.3) is 0 Å². The Hall–Kier alpha value is -1.01. The molecule has 0 atom stereocenters. The lowest BCUT2D eigenvalue weighted by Crippen LogP contribution is -1.85. The smallest absolute Gasteiger partial charge is 0.174 e. The summed E-state index contributed by atoms with van der Waals surface area (Å²) >= 11 is 5.03. The van der Waals surface area contributed by atoms with E-state index in [4.69, 9.17) is 0 Å². The van der Waals surface area contributed by atoms with Gasteiger partial charge in [0, 0.05) is 11.6 Å². The number of benzene rings is 1. The molecule has 0 saturated heterocycles. The van der Waals surface area contributed by atoms with Crippen molar-refractivity contribution in [1.29, 1.82) is 0 Å². The van der Waals surface area contributed by atoms with Crippen LogP contribution in [-0.4, -0.2) is 9.36 Å². The molecule has 6 heteroatoms. The van der Waals surface area contributed by atoms with E-state index < -0.39 is 11.6 Å². The van der Waals surface area contributed by atoms with Gasteiger partial charge in [0.2, 0.25) is 0 Å². The van der Waals surface area contributed by atoms with Gasteiger partial charge in [-0.1, -0.05) is 0 Å². The first-order valence-electron chi connectivity index (χ1n) is 3.64. The molecule has 0 fully saturated rings. The second-order valence-corrected chi connectivity index (χ2v) is 4.04. The van der Waals surface area contributed by atoms with E-state index in [2.05, 4.69) is 22.0 Å². The molecule has 1 aromatic carbocycles. The van der Waals surface area contributed by atoms with Gasteiger partial charge in [0.05, 0.1) is 0 Å². The van der Waals surface area contributed by atoms with Crippen molar-refractivity contribution in [2.24, 2.45) is 0 Å². The molecular weight excluding hydrogens is 226 g/mol. The van der Waals surface area contributed by atoms with Crippen LogP contribution < -0.4 is 0 Å². The van der Waals surface area contributed by atoms with E-state index in [0.717, 1.165) is 17.6 Å². The Morgan fingerprint density at radius 2 is 1.79 bits per heavy atom. The van der Waals surface area contributed by atoms with E-state index in [1.54, 1.807) is 0 Å². The van der Waals surface area contributed by atoms with Gasteiger partial charge in [-0.25, -0.2) is 13.8 Å². The number of hydrogen-bond donors (Lipinski definition) is 1. The van der Waals surface area contributed by atoms with Crippen molar-refractivity contribution < 1.29 is 8.78 Å². The topological polar surface area (TPSA) is 25.8 Å². The molecule has 0 bridgehead atoms. The fourth-order valence-electron chi connectivity index (χ4n) is 1.02. The molecule has 0 spiro atoms. The maximum absolute atomic E-state index is 12.8. The highest BCUT2D eigenvalue weighted by molar-refractivity contribution is 7.82. The molecule has 1 aromatic heterocycles. The molecule has 0 N–H and O–H groups in total. The van der Waals surface area contributed by atoms with Crippen LogP contribution in [0.4, 0.5) is 8.78 Å². The van der Waals surface area contributed by atoms with Crippen molar-refractivity contribution in [2.75, 3.05) is 0 Å². The third-order valence-corrected chi connectivity index (χ3v) is 2.40. The Kier molecular flexibility index (Phi) is 2.47. The molecule has 2 rings (SSSR count). The minimum Gasteiger partial charge on any atom is -0.208 e. The highest BCUT2D eigenvalue weighted by Crippen LogP contribution is 2.21. The van der Waals surface area contributed by atoms with E-state index in [0.29, 0.717) is 15.7 Å². The van der Waals surface area contributed by atoms with Crippen LogP contribution in [0.2, 0.25) is 0 Å². The van der Waals surface area contributed by atoms with Crippen LogP contribution >= 0.6 is 24.2 Å². The molecule has 2 nitrogen and oxygen atoms in total. The standard InChI is InChI=1S/C8H4F2N2S2/c9-5-1-4(2-6(10)3-5)7-11-8(13)14-12-7/h1-3H,(H,11,12,13). The molecule has 0 aliphatic heterocycles. The number of aromatic nitrogens is 2. The number of thiol groups is 1. The number of hydrogen-bond acceptors (Lipinski definition) is 4. The van der Waals surface area contributed by atoms with Crippen molar-refractivity contribution >= 4 is 24.2 Å². The third-order valence-electron chi connectivity index (χ3n) is 1.54. The predicted octanol–water partition coefficient (Wildman–Crippen LogP) is 2.77. The Bertz CT molecular complexity index is 450. The van der Waals surface area contributed by atoms with Gasteiger partial charge >= 0.3 is 0 Å². The summed E-state index contributed by atoms with van der Waals surface area (Å²) in [6, 6.07) is 3.16. The van der Waals surface area contributed by atoms with Gasteiger partial charge in [-0.3, -0.25) is 0 Å². The molecule has 0 unspecified atom stereocenters. The molecule has 72 valence electrons. The van der Waals surface area contributed by atoms with E-state index in [1.807, 2.05) is 0 Å². The van der Waals surface area contributed by atoms with Gasteiger partial charge in [-0.15, -0.1) is 12.6 Å². The van der Waals surface area contributed by atoms with Crippen molar-refractivity contribution in [1.82, 2.24) is 9.36 Å². The van der Waals surface area contributed by atoms with Gasteiger partial charge in [0.15, 0.2) is 10.2 Å². The van der Waals surface area contributed by atoms with Crippen LogP contribution in [0.1, 0.15) is 0 Å². The highest BCUT2D eigenvalue weighted by atomic mass is 32.2. The number of rotatable bonds is 1. The summed E-state index contributed by atoms with van der Waals surface area (Å²) in [4.78, 5) is 3.90. The molecule has 0 aliphatic carbocycles. The lowest BCUT2D eigenvalue weighted by molar-refractivity contribution is 0.584. The monoisotopic (exact) mass is 230 g/mol. The average molecular weight is 230 g/mol. The van der Waals surface area contributed by atoms with E-state index >= 15 is 0 Å². The van der Waals surface area contributed by atoms with Crippen LogP contribution in [-0.2, 0) is 0 Å². The highest BCUT2D eigenvalue weighted by Gasteiger charge is 2.07. The lowest BCUT2D eigenvalue weighted by Gasteiger charge is -1.95. The van der Waals surface area contributed by atoms with Gasteiger partial charge in [0.1, 0.15) is 11.6 Å². The Morgan fingerprint density at radius 1 is 1.14 bits per heavy atom. The Balaban J connectivity index is 2.51. The summed E-state index contributed by atoms with van der Waals surface area (Å²) in [5.74, 6) is -0.996. The van der Waals surface area contributed by atoms with Crippen LogP contribution in [0.5, 0.6) is 0 Å². The second-order valence-electron chi connectivity index (χ2n) is 2.56. The molecule has 0 radical (unpaired) electrons. The fourth-order valence-corrected chi connectivity index (χ4v) is 1.67. The van der Waals surface area contributed by atoms with E-state index in [1.165, 1.54) is 12.1 Å². The molecule has 0 aliphatic rings. The maximum Gasteiger partial charge on any atom is 0.174 e. The predicted molar refractivity (Wildman–Crippen MR) is 52.5 cm³/mol. The Morgan fingerprint density at radius 3 is 2.29 bits per heavy atom. The molecule has 14 heavy (non-hydrogen) atoms. The summed E-state index contributed by atoms with van der Waals surface area (Å²) < 4.78 is 30.0. The molecule has 0 saturated carbocycles. The zero-order chi connectivity index (χ0) is 10.1. The minimum absolute atomic E-state index is 0.290. The summed E-state index contributed by atoms with van der Waals surface area (Å²) in [5.41, 5.74) is 0.319. The SMILES string of the molecule is Fc1cc(F)cc(-c2nsc(S)n2)c1. The second kappa shape index (κ2) is 3.62. The molecule has 0 amide bonds. The number of nitrogens with zero attached hydrogens (tertiary/aromatic N) is 2. The zero-order valence-corrected chi connectivity index (χ0v) is 8.45. The molecule has 2 aromatic rings. The van der Waals surface area contributed by atoms with Gasteiger partial charge < -0.3 is 0 Å². The Labute approximate surface area is 88.2 Å². The summed E-state index contributed by atoms with van der Waals surface area (Å²) in [6.45, 7) is 0. The first-order chi connectivity index (χ1) is 6.65. The summed E-state index contributed by atoms with van der Waals surface area (Å²) in [6.07, 6.45) is 0. The van der Waals surface area contributed by atoms with Gasteiger partial charge in [-0.05, 0) is 23.7 Å². The lowest BCUT2D eigenvalue weighted by atomic mass is 10.2. The maximum atomic E-state index is 12.8. The summed E-state index contributed by atoms with van der Waals surface area (Å²) in [5, 5.41) is 0. The average Bonchev–Trinajstić information content (AvgIpc) is 2.50. The van der Waals surface area contributed by atoms with Crippen molar-refractivity contribution in [3.8, 4) is 11.4 Å².